The van der Waals surface area contributed by atoms with E-state index in [9.17, 15) is 22.8 Å². The topological polar surface area (TPSA) is 49.4 Å². The number of nitrogens with one attached hydrogen (secondary N) is 1. The molecule has 4 nitrogen and oxygen atoms in total. The van der Waals surface area contributed by atoms with E-state index in [4.69, 9.17) is 0 Å². The molecule has 116 valence electrons. The fourth-order valence-corrected chi connectivity index (χ4v) is 2.38. The summed E-state index contributed by atoms with van der Waals surface area (Å²) in [6, 6.07) is -0.139. The molecule has 1 heterocycles. The highest BCUT2D eigenvalue weighted by Gasteiger charge is 2.43. The molecule has 1 saturated heterocycles. The minimum Gasteiger partial charge on any atom is -0.353 e. The van der Waals surface area contributed by atoms with Crippen LogP contribution in [0.4, 0.5) is 13.2 Å². The van der Waals surface area contributed by atoms with Crippen molar-refractivity contribution in [3.8, 4) is 0 Å². The van der Waals surface area contributed by atoms with E-state index in [1.807, 2.05) is 13.8 Å². The van der Waals surface area contributed by atoms with Crippen molar-refractivity contribution in [1.82, 2.24) is 10.2 Å². The fourth-order valence-electron chi connectivity index (χ4n) is 2.38. The maximum Gasteiger partial charge on any atom is 0.471 e. The van der Waals surface area contributed by atoms with Gasteiger partial charge in [0.2, 0.25) is 5.91 Å². The highest BCUT2D eigenvalue weighted by atomic mass is 19.4. The van der Waals surface area contributed by atoms with Gasteiger partial charge in [-0.3, -0.25) is 9.59 Å². The third kappa shape index (κ3) is 4.38. The average Bonchev–Trinajstić information content (AvgIpc) is 2.39. The molecule has 0 atom stereocenters. The summed E-state index contributed by atoms with van der Waals surface area (Å²) in [5, 5.41) is 2.86. The van der Waals surface area contributed by atoms with Crippen LogP contribution in [0, 0.1) is 5.92 Å². The van der Waals surface area contributed by atoms with Crippen molar-refractivity contribution >= 4 is 11.8 Å². The first-order chi connectivity index (χ1) is 9.29. The number of amides is 2. The molecule has 0 spiro atoms. The summed E-state index contributed by atoms with van der Waals surface area (Å²) >= 11 is 0. The summed E-state index contributed by atoms with van der Waals surface area (Å²) in [5.74, 6) is -1.89. The zero-order chi connectivity index (χ0) is 15.3. The number of halogens is 3. The molecule has 1 aliphatic rings. The lowest BCUT2D eigenvalue weighted by atomic mass is 9.99. The Labute approximate surface area is 116 Å². The monoisotopic (exact) mass is 294 g/mol. The van der Waals surface area contributed by atoms with E-state index in [0.29, 0.717) is 12.8 Å². The van der Waals surface area contributed by atoms with Crippen LogP contribution in [0.2, 0.25) is 0 Å². The van der Waals surface area contributed by atoms with Gasteiger partial charge in [0, 0.05) is 25.0 Å². The number of rotatable bonds is 4. The average molecular weight is 294 g/mol. The molecule has 0 unspecified atom stereocenters. The summed E-state index contributed by atoms with van der Waals surface area (Å²) in [7, 11) is 0. The molecule has 1 rings (SSSR count). The Morgan fingerprint density at radius 3 is 2.10 bits per heavy atom. The molecule has 1 fully saturated rings. The number of hydrogen-bond donors (Lipinski definition) is 1. The second kappa shape index (κ2) is 6.95. The van der Waals surface area contributed by atoms with Crippen molar-refractivity contribution < 1.29 is 22.8 Å². The van der Waals surface area contributed by atoms with Gasteiger partial charge in [-0.25, -0.2) is 0 Å². The second-order valence-electron chi connectivity index (χ2n) is 5.09. The maximum atomic E-state index is 12.3. The first kappa shape index (κ1) is 16.8. The number of carbonyl (C=O) groups excluding carboxylic acids is 2. The number of nitrogens with zero attached hydrogens (tertiary/aromatic N) is 1. The van der Waals surface area contributed by atoms with Crippen LogP contribution in [0.15, 0.2) is 0 Å². The fraction of sp³-hybridized carbons (Fsp3) is 0.846. The van der Waals surface area contributed by atoms with E-state index in [2.05, 4.69) is 5.32 Å². The number of piperidine rings is 1. The lowest BCUT2D eigenvalue weighted by Gasteiger charge is -2.33. The predicted molar refractivity (Wildman–Crippen MR) is 67.9 cm³/mol. The Morgan fingerprint density at radius 2 is 1.70 bits per heavy atom. The smallest absolute Gasteiger partial charge is 0.353 e. The van der Waals surface area contributed by atoms with Crippen LogP contribution in [-0.2, 0) is 9.59 Å². The highest BCUT2D eigenvalue weighted by molar-refractivity contribution is 5.82. The maximum absolute atomic E-state index is 12.3. The molecule has 0 aliphatic carbocycles. The Balaban J connectivity index is 2.43. The predicted octanol–water partition coefficient (Wildman–Crippen LogP) is 2.09. The normalized spacial score (nSPS) is 17.4. The lowest BCUT2D eigenvalue weighted by molar-refractivity contribution is -0.186. The van der Waals surface area contributed by atoms with Crippen LogP contribution >= 0.6 is 0 Å². The third-order valence-electron chi connectivity index (χ3n) is 3.73. The largest absolute Gasteiger partial charge is 0.471 e. The number of carbonyl (C=O) groups is 2. The van der Waals surface area contributed by atoms with Crippen molar-refractivity contribution in [1.29, 1.82) is 0 Å². The quantitative estimate of drug-likeness (QED) is 0.863. The first-order valence-electron chi connectivity index (χ1n) is 6.96. The van der Waals surface area contributed by atoms with Crippen molar-refractivity contribution in [2.45, 2.75) is 51.7 Å². The van der Waals surface area contributed by atoms with Gasteiger partial charge in [0.25, 0.3) is 0 Å². The van der Waals surface area contributed by atoms with E-state index in [-0.39, 0.29) is 31.0 Å². The van der Waals surface area contributed by atoms with Gasteiger partial charge in [0.1, 0.15) is 0 Å². The van der Waals surface area contributed by atoms with E-state index in [0.717, 1.165) is 17.7 Å². The summed E-state index contributed by atoms with van der Waals surface area (Å²) < 4.78 is 36.8. The minimum absolute atomic E-state index is 0.0339. The molecule has 7 heteroatoms. The van der Waals surface area contributed by atoms with E-state index in [1.54, 1.807) is 0 Å². The van der Waals surface area contributed by atoms with Gasteiger partial charge in [-0.1, -0.05) is 13.8 Å². The number of likely N-dealkylation sites (tertiary alicyclic amines) is 1. The van der Waals surface area contributed by atoms with Gasteiger partial charge in [0.05, 0.1) is 0 Å². The molecule has 20 heavy (non-hydrogen) atoms. The van der Waals surface area contributed by atoms with Crippen LogP contribution < -0.4 is 5.32 Å². The SMILES string of the molecule is CCC(CC)C(=O)NC1CCN(C(=O)C(F)(F)F)CC1. The van der Waals surface area contributed by atoms with Crippen LogP contribution in [0.1, 0.15) is 39.5 Å². The van der Waals surface area contributed by atoms with Gasteiger partial charge in [-0.05, 0) is 25.7 Å². The van der Waals surface area contributed by atoms with Gasteiger partial charge in [0.15, 0.2) is 0 Å². The van der Waals surface area contributed by atoms with Crippen LogP contribution in [0.5, 0.6) is 0 Å². The lowest BCUT2D eigenvalue weighted by Crippen LogP contribution is -2.50. The Bertz CT molecular complexity index is 346. The van der Waals surface area contributed by atoms with Gasteiger partial charge >= 0.3 is 12.1 Å². The molecule has 0 saturated carbocycles. The van der Waals surface area contributed by atoms with Crippen molar-refractivity contribution in [2.24, 2.45) is 5.92 Å². The molecular formula is C13H21F3N2O2. The van der Waals surface area contributed by atoms with Crippen LogP contribution in [0.3, 0.4) is 0 Å². The van der Waals surface area contributed by atoms with E-state index < -0.39 is 12.1 Å². The van der Waals surface area contributed by atoms with Crippen molar-refractivity contribution in [3.63, 3.8) is 0 Å². The molecule has 1 N–H and O–H groups in total. The summed E-state index contributed by atoms with van der Waals surface area (Å²) in [5.41, 5.74) is 0. The summed E-state index contributed by atoms with van der Waals surface area (Å²) in [6.07, 6.45) is -2.59. The van der Waals surface area contributed by atoms with Crippen molar-refractivity contribution in [2.75, 3.05) is 13.1 Å². The molecule has 1 aliphatic heterocycles. The zero-order valence-corrected chi connectivity index (χ0v) is 11.8. The summed E-state index contributed by atoms with van der Waals surface area (Å²) in [4.78, 5) is 23.7. The number of hydrogen-bond acceptors (Lipinski definition) is 2. The highest BCUT2D eigenvalue weighted by Crippen LogP contribution is 2.21. The molecule has 2 amide bonds. The summed E-state index contributed by atoms with van der Waals surface area (Å²) in [6.45, 7) is 3.93. The first-order valence-corrected chi connectivity index (χ1v) is 6.96. The van der Waals surface area contributed by atoms with E-state index >= 15 is 0 Å². The molecule has 0 aromatic rings. The van der Waals surface area contributed by atoms with Gasteiger partial charge in [-0.15, -0.1) is 0 Å². The molecule has 0 aromatic heterocycles. The van der Waals surface area contributed by atoms with Crippen molar-refractivity contribution in [3.05, 3.63) is 0 Å². The minimum atomic E-state index is -4.81. The zero-order valence-electron chi connectivity index (χ0n) is 11.8. The molecule has 0 radical (unpaired) electrons. The Kier molecular flexibility index (Phi) is 5.83. The standard InChI is InChI=1S/C13H21F3N2O2/c1-3-9(4-2)11(19)17-10-5-7-18(8-6-10)12(20)13(14,15)16/h9-10H,3-8H2,1-2H3,(H,17,19). The van der Waals surface area contributed by atoms with Crippen LogP contribution in [-0.4, -0.2) is 42.0 Å². The van der Waals surface area contributed by atoms with Gasteiger partial charge in [-0.2, -0.15) is 13.2 Å². The van der Waals surface area contributed by atoms with Crippen LogP contribution in [0.25, 0.3) is 0 Å². The number of alkyl halides is 3. The molecule has 0 bridgehead atoms. The molecule has 0 aromatic carbocycles. The molecular weight excluding hydrogens is 273 g/mol. The third-order valence-corrected chi connectivity index (χ3v) is 3.73. The Morgan fingerprint density at radius 1 is 1.20 bits per heavy atom. The van der Waals surface area contributed by atoms with E-state index in [1.165, 1.54) is 0 Å². The second-order valence-corrected chi connectivity index (χ2v) is 5.09. The van der Waals surface area contributed by atoms with Gasteiger partial charge < -0.3 is 10.2 Å². The Hall–Kier alpha value is -1.27.